The average molecular weight is 174 g/mol. The molecule has 0 radical (unpaired) electrons. The third kappa shape index (κ3) is 7.38. The number of rotatable bonds is 5. The SMILES string of the molecule is COC(=O)OCCCCC(C)C. The molecule has 0 N–H and O–H groups in total. The van der Waals surface area contributed by atoms with Gasteiger partial charge in [0.05, 0.1) is 13.7 Å². The molecule has 0 aliphatic carbocycles. The molecular weight excluding hydrogens is 156 g/mol. The van der Waals surface area contributed by atoms with Gasteiger partial charge in [-0.1, -0.05) is 20.3 Å². The Balaban J connectivity index is 3.05. The Hall–Kier alpha value is -0.730. The van der Waals surface area contributed by atoms with Crippen molar-refractivity contribution in [1.82, 2.24) is 0 Å². The van der Waals surface area contributed by atoms with E-state index < -0.39 is 6.16 Å². The highest BCUT2D eigenvalue weighted by molar-refractivity contribution is 5.59. The van der Waals surface area contributed by atoms with Crippen LogP contribution in [0.3, 0.4) is 0 Å². The summed E-state index contributed by atoms with van der Waals surface area (Å²) in [6.45, 7) is 4.84. The summed E-state index contributed by atoms with van der Waals surface area (Å²) in [7, 11) is 1.32. The monoisotopic (exact) mass is 174 g/mol. The molecule has 0 aromatic heterocycles. The Bertz CT molecular complexity index is 121. The van der Waals surface area contributed by atoms with Gasteiger partial charge >= 0.3 is 6.16 Å². The van der Waals surface area contributed by atoms with E-state index in [1.807, 2.05) is 0 Å². The van der Waals surface area contributed by atoms with Gasteiger partial charge in [-0.15, -0.1) is 0 Å². The third-order valence-corrected chi connectivity index (χ3v) is 1.56. The summed E-state index contributed by atoms with van der Waals surface area (Å²) in [6.07, 6.45) is 2.63. The van der Waals surface area contributed by atoms with Crippen molar-refractivity contribution in [2.24, 2.45) is 5.92 Å². The number of carbonyl (C=O) groups excluding carboxylic acids is 1. The van der Waals surface area contributed by atoms with Gasteiger partial charge in [0, 0.05) is 0 Å². The van der Waals surface area contributed by atoms with Crippen LogP contribution in [0.4, 0.5) is 4.79 Å². The number of ether oxygens (including phenoxy) is 2. The second kappa shape index (κ2) is 6.95. The van der Waals surface area contributed by atoms with E-state index in [2.05, 4.69) is 18.6 Å². The fourth-order valence-electron chi connectivity index (χ4n) is 0.869. The number of carbonyl (C=O) groups is 1. The van der Waals surface area contributed by atoms with Gasteiger partial charge in [-0.2, -0.15) is 0 Å². The first-order valence-electron chi connectivity index (χ1n) is 4.37. The first kappa shape index (κ1) is 11.3. The quantitative estimate of drug-likeness (QED) is 0.474. The molecule has 0 unspecified atom stereocenters. The Morgan fingerprint density at radius 3 is 2.50 bits per heavy atom. The molecule has 0 spiro atoms. The average Bonchev–Trinajstić information content (AvgIpc) is 2.03. The minimum atomic E-state index is -0.584. The molecule has 72 valence electrons. The summed E-state index contributed by atoms with van der Waals surface area (Å²) in [5.41, 5.74) is 0. The van der Waals surface area contributed by atoms with E-state index in [1.165, 1.54) is 13.5 Å². The van der Waals surface area contributed by atoms with Crippen LogP contribution in [0, 0.1) is 5.92 Å². The smallest absolute Gasteiger partial charge is 0.438 e. The highest BCUT2D eigenvalue weighted by atomic mass is 16.7. The molecule has 0 heterocycles. The zero-order valence-corrected chi connectivity index (χ0v) is 8.13. The summed E-state index contributed by atoms with van der Waals surface area (Å²) in [5, 5.41) is 0. The van der Waals surface area contributed by atoms with Crippen LogP contribution < -0.4 is 0 Å². The maximum absolute atomic E-state index is 10.5. The van der Waals surface area contributed by atoms with E-state index in [9.17, 15) is 4.79 Å². The molecule has 0 rings (SSSR count). The normalized spacial score (nSPS) is 10.0. The molecule has 0 aromatic carbocycles. The van der Waals surface area contributed by atoms with Gasteiger partial charge in [0.1, 0.15) is 0 Å². The van der Waals surface area contributed by atoms with Crippen molar-refractivity contribution in [3.05, 3.63) is 0 Å². The summed E-state index contributed by atoms with van der Waals surface area (Å²) < 4.78 is 9.03. The fourth-order valence-corrected chi connectivity index (χ4v) is 0.869. The zero-order chi connectivity index (χ0) is 9.40. The summed E-state index contributed by atoms with van der Waals surface area (Å²) in [4.78, 5) is 10.5. The van der Waals surface area contributed by atoms with Gasteiger partial charge in [0.15, 0.2) is 0 Å². The second-order valence-corrected chi connectivity index (χ2v) is 3.19. The van der Waals surface area contributed by atoms with Gasteiger partial charge in [0.2, 0.25) is 0 Å². The minimum absolute atomic E-state index is 0.472. The van der Waals surface area contributed by atoms with Crippen LogP contribution in [0.1, 0.15) is 33.1 Å². The Kier molecular flexibility index (Phi) is 6.53. The fraction of sp³-hybridized carbons (Fsp3) is 0.889. The minimum Gasteiger partial charge on any atom is -0.438 e. The largest absolute Gasteiger partial charge is 0.507 e. The van der Waals surface area contributed by atoms with Gasteiger partial charge in [-0.3, -0.25) is 0 Å². The molecule has 0 atom stereocenters. The number of unbranched alkanes of at least 4 members (excludes halogenated alkanes) is 1. The highest BCUT2D eigenvalue weighted by Gasteiger charge is 1.99. The predicted molar refractivity (Wildman–Crippen MR) is 47.0 cm³/mol. The second-order valence-electron chi connectivity index (χ2n) is 3.19. The number of hydrogen-bond acceptors (Lipinski definition) is 3. The summed E-state index contributed by atoms with van der Waals surface area (Å²) >= 11 is 0. The number of methoxy groups -OCH3 is 1. The van der Waals surface area contributed by atoms with E-state index >= 15 is 0 Å². The maximum Gasteiger partial charge on any atom is 0.507 e. The van der Waals surface area contributed by atoms with E-state index in [0.29, 0.717) is 6.61 Å². The Morgan fingerprint density at radius 1 is 1.33 bits per heavy atom. The van der Waals surface area contributed by atoms with Crippen LogP contribution >= 0.6 is 0 Å². The van der Waals surface area contributed by atoms with Crippen LogP contribution in [0.2, 0.25) is 0 Å². The van der Waals surface area contributed by atoms with Crippen LogP contribution in [0.15, 0.2) is 0 Å². The molecule has 0 bridgehead atoms. The van der Waals surface area contributed by atoms with Crippen molar-refractivity contribution < 1.29 is 14.3 Å². The molecule has 0 saturated heterocycles. The lowest BCUT2D eigenvalue weighted by molar-refractivity contribution is 0.0712. The molecule has 0 amide bonds. The zero-order valence-electron chi connectivity index (χ0n) is 8.13. The lowest BCUT2D eigenvalue weighted by atomic mass is 10.1. The first-order valence-corrected chi connectivity index (χ1v) is 4.37. The Morgan fingerprint density at radius 2 is 2.00 bits per heavy atom. The van der Waals surface area contributed by atoms with E-state index in [-0.39, 0.29) is 0 Å². The molecule has 0 aliphatic rings. The van der Waals surface area contributed by atoms with Crippen molar-refractivity contribution >= 4 is 6.16 Å². The predicted octanol–water partition coefficient (Wildman–Crippen LogP) is 2.60. The lowest BCUT2D eigenvalue weighted by Gasteiger charge is -2.04. The number of hydrogen-bond donors (Lipinski definition) is 0. The van der Waals surface area contributed by atoms with Crippen molar-refractivity contribution in [2.75, 3.05) is 13.7 Å². The molecular formula is C9H18O3. The molecule has 3 heteroatoms. The highest BCUT2D eigenvalue weighted by Crippen LogP contribution is 2.05. The lowest BCUT2D eigenvalue weighted by Crippen LogP contribution is -2.05. The molecule has 0 saturated carbocycles. The van der Waals surface area contributed by atoms with E-state index in [0.717, 1.165) is 18.8 Å². The molecule has 3 nitrogen and oxygen atoms in total. The van der Waals surface area contributed by atoms with Crippen LogP contribution in [0.5, 0.6) is 0 Å². The summed E-state index contributed by atoms with van der Waals surface area (Å²) in [5.74, 6) is 0.725. The van der Waals surface area contributed by atoms with Crippen LogP contribution in [-0.4, -0.2) is 19.9 Å². The molecule has 12 heavy (non-hydrogen) atoms. The van der Waals surface area contributed by atoms with Gasteiger partial charge in [-0.05, 0) is 18.8 Å². The van der Waals surface area contributed by atoms with Crippen LogP contribution in [-0.2, 0) is 9.47 Å². The molecule has 0 aliphatic heterocycles. The van der Waals surface area contributed by atoms with Crippen molar-refractivity contribution in [2.45, 2.75) is 33.1 Å². The van der Waals surface area contributed by atoms with E-state index in [1.54, 1.807) is 0 Å². The summed E-state index contributed by atoms with van der Waals surface area (Å²) in [6, 6.07) is 0. The molecule has 0 fully saturated rings. The Labute approximate surface area is 74.0 Å². The van der Waals surface area contributed by atoms with E-state index in [4.69, 9.17) is 4.74 Å². The van der Waals surface area contributed by atoms with Crippen molar-refractivity contribution in [3.63, 3.8) is 0 Å². The van der Waals surface area contributed by atoms with Gasteiger partial charge < -0.3 is 9.47 Å². The van der Waals surface area contributed by atoms with Crippen LogP contribution in [0.25, 0.3) is 0 Å². The standard InChI is InChI=1S/C9H18O3/c1-8(2)6-4-5-7-12-9(10)11-3/h8H,4-7H2,1-3H3. The van der Waals surface area contributed by atoms with Crippen molar-refractivity contribution in [3.8, 4) is 0 Å². The first-order chi connectivity index (χ1) is 5.66. The van der Waals surface area contributed by atoms with Gasteiger partial charge in [0.25, 0.3) is 0 Å². The van der Waals surface area contributed by atoms with Gasteiger partial charge in [-0.25, -0.2) is 4.79 Å². The topological polar surface area (TPSA) is 35.5 Å². The molecule has 0 aromatic rings. The maximum atomic E-state index is 10.5. The van der Waals surface area contributed by atoms with Crippen molar-refractivity contribution in [1.29, 1.82) is 0 Å². The third-order valence-electron chi connectivity index (χ3n) is 1.56.